The number of amides is 1. The number of carbonyl (C=O) groups excluding carboxylic acids is 1. The smallest absolute Gasteiger partial charge is 0.262 e. The van der Waals surface area contributed by atoms with Crippen LogP contribution < -0.4 is 15.8 Å². The number of nitrogen functional groups attached to an aromatic ring is 1. The first-order chi connectivity index (χ1) is 10.1. The van der Waals surface area contributed by atoms with Crippen LogP contribution in [0.2, 0.25) is 0 Å². The van der Waals surface area contributed by atoms with Gasteiger partial charge in [-0.05, 0) is 54.8 Å². The van der Waals surface area contributed by atoms with Gasteiger partial charge in [0.1, 0.15) is 5.75 Å². The highest BCUT2D eigenvalue weighted by molar-refractivity contribution is 5.92. The quantitative estimate of drug-likeness (QED) is 0.829. The fraction of sp³-hybridized carbons (Fsp3) is 0.235. The van der Waals surface area contributed by atoms with E-state index in [1.165, 1.54) is 5.56 Å². The summed E-state index contributed by atoms with van der Waals surface area (Å²) in [4.78, 5) is 11.9. The van der Waals surface area contributed by atoms with Crippen LogP contribution in [0.4, 0.5) is 11.4 Å². The van der Waals surface area contributed by atoms with E-state index in [2.05, 4.69) is 12.2 Å². The summed E-state index contributed by atoms with van der Waals surface area (Å²) >= 11 is 0. The summed E-state index contributed by atoms with van der Waals surface area (Å²) in [5.41, 5.74) is 9.27. The van der Waals surface area contributed by atoms with Gasteiger partial charge in [-0.1, -0.05) is 19.1 Å². The van der Waals surface area contributed by atoms with Crippen molar-refractivity contribution in [2.45, 2.75) is 20.3 Å². The molecule has 2 aromatic carbocycles. The molecule has 21 heavy (non-hydrogen) atoms. The maximum Gasteiger partial charge on any atom is 0.262 e. The second-order valence-corrected chi connectivity index (χ2v) is 4.91. The predicted octanol–water partition coefficient (Wildman–Crippen LogP) is 3.16. The standard InChI is InChI=1S/C17H20N2O2/c1-3-13-4-7-15(8-5-13)21-11-17(20)19-16-9-6-14(18)10-12(16)2/h4-10H,3,11,18H2,1-2H3,(H,19,20). The molecule has 0 fully saturated rings. The Hall–Kier alpha value is -2.49. The Morgan fingerprint density at radius 1 is 1.19 bits per heavy atom. The van der Waals surface area contributed by atoms with Gasteiger partial charge < -0.3 is 15.8 Å². The van der Waals surface area contributed by atoms with Gasteiger partial charge in [-0.3, -0.25) is 4.79 Å². The number of nitrogens with one attached hydrogen (secondary N) is 1. The molecule has 0 aliphatic heterocycles. The van der Waals surface area contributed by atoms with Crippen LogP contribution >= 0.6 is 0 Å². The maximum atomic E-state index is 11.9. The summed E-state index contributed by atoms with van der Waals surface area (Å²) in [6.07, 6.45) is 0.983. The summed E-state index contributed by atoms with van der Waals surface area (Å²) in [7, 11) is 0. The number of rotatable bonds is 5. The fourth-order valence-electron chi connectivity index (χ4n) is 1.98. The van der Waals surface area contributed by atoms with E-state index in [1.807, 2.05) is 37.3 Å². The van der Waals surface area contributed by atoms with Gasteiger partial charge in [0.15, 0.2) is 6.61 Å². The summed E-state index contributed by atoms with van der Waals surface area (Å²) in [5.74, 6) is 0.499. The molecular formula is C17H20N2O2. The van der Waals surface area contributed by atoms with Gasteiger partial charge in [0, 0.05) is 11.4 Å². The van der Waals surface area contributed by atoms with Crippen LogP contribution in [-0.4, -0.2) is 12.5 Å². The Balaban J connectivity index is 1.89. The summed E-state index contributed by atoms with van der Waals surface area (Å²) in [6.45, 7) is 3.98. The molecule has 2 rings (SSSR count). The fourth-order valence-corrected chi connectivity index (χ4v) is 1.98. The topological polar surface area (TPSA) is 64.3 Å². The molecule has 2 aromatic rings. The third-order valence-corrected chi connectivity index (χ3v) is 3.23. The molecule has 0 unspecified atom stereocenters. The van der Waals surface area contributed by atoms with E-state index in [0.717, 1.165) is 17.7 Å². The van der Waals surface area contributed by atoms with Crippen molar-refractivity contribution in [3.05, 3.63) is 53.6 Å². The Labute approximate surface area is 124 Å². The number of nitrogens with two attached hydrogens (primary N) is 1. The first kappa shape index (κ1) is 14.9. The zero-order valence-corrected chi connectivity index (χ0v) is 12.3. The van der Waals surface area contributed by atoms with Crippen molar-refractivity contribution in [3.63, 3.8) is 0 Å². The van der Waals surface area contributed by atoms with Crippen molar-refractivity contribution in [1.29, 1.82) is 0 Å². The lowest BCUT2D eigenvalue weighted by Crippen LogP contribution is -2.20. The molecule has 0 saturated heterocycles. The van der Waals surface area contributed by atoms with Crippen molar-refractivity contribution >= 4 is 17.3 Å². The van der Waals surface area contributed by atoms with Gasteiger partial charge in [0.05, 0.1) is 0 Å². The lowest BCUT2D eigenvalue weighted by Gasteiger charge is -2.10. The Morgan fingerprint density at radius 3 is 2.52 bits per heavy atom. The predicted molar refractivity (Wildman–Crippen MR) is 85.5 cm³/mol. The Morgan fingerprint density at radius 2 is 1.90 bits per heavy atom. The van der Waals surface area contributed by atoms with Crippen molar-refractivity contribution in [3.8, 4) is 5.75 Å². The first-order valence-corrected chi connectivity index (χ1v) is 6.96. The van der Waals surface area contributed by atoms with Gasteiger partial charge in [-0.2, -0.15) is 0 Å². The summed E-state index contributed by atoms with van der Waals surface area (Å²) in [6, 6.07) is 13.1. The van der Waals surface area contributed by atoms with Crippen LogP contribution in [-0.2, 0) is 11.2 Å². The molecule has 0 spiro atoms. The SMILES string of the molecule is CCc1ccc(OCC(=O)Nc2ccc(N)cc2C)cc1. The van der Waals surface area contributed by atoms with Gasteiger partial charge in [0.25, 0.3) is 5.91 Å². The largest absolute Gasteiger partial charge is 0.484 e. The number of carbonyl (C=O) groups is 1. The molecule has 0 saturated carbocycles. The monoisotopic (exact) mass is 284 g/mol. The van der Waals surface area contributed by atoms with E-state index < -0.39 is 0 Å². The molecule has 3 N–H and O–H groups in total. The van der Waals surface area contributed by atoms with Crippen molar-refractivity contribution in [2.75, 3.05) is 17.7 Å². The average molecular weight is 284 g/mol. The molecule has 0 heterocycles. The highest BCUT2D eigenvalue weighted by Gasteiger charge is 2.06. The van der Waals surface area contributed by atoms with E-state index >= 15 is 0 Å². The summed E-state index contributed by atoms with van der Waals surface area (Å²) in [5, 5.41) is 2.81. The van der Waals surface area contributed by atoms with Crippen LogP contribution in [0.15, 0.2) is 42.5 Å². The molecule has 0 aromatic heterocycles. The summed E-state index contributed by atoms with van der Waals surface area (Å²) < 4.78 is 5.47. The van der Waals surface area contributed by atoms with E-state index in [4.69, 9.17) is 10.5 Å². The van der Waals surface area contributed by atoms with Gasteiger partial charge in [0.2, 0.25) is 0 Å². The molecule has 0 aliphatic carbocycles. The number of ether oxygens (including phenoxy) is 1. The van der Waals surface area contributed by atoms with Crippen LogP contribution in [0.3, 0.4) is 0 Å². The van der Waals surface area contributed by atoms with Crippen molar-refractivity contribution < 1.29 is 9.53 Å². The zero-order chi connectivity index (χ0) is 15.2. The Bertz CT molecular complexity index is 621. The second kappa shape index (κ2) is 6.79. The lowest BCUT2D eigenvalue weighted by atomic mass is 10.2. The average Bonchev–Trinajstić information content (AvgIpc) is 2.48. The highest BCUT2D eigenvalue weighted by atomic mass is 16.5. The zero-order valence-electron chi connectivity index (χ0n) is 12.3. The minimum absolute atomic E-state index is 0.0186. The molecule has 0 aliphatic rings. The van der Waals surface area contributed by atoms with E-state index in [9.17, 15) is 4.79 Å². The minimum atomic E-state index is -0.192. The van der Waals surface area contributed by atoms with E-state index in [1.54, 1.807) is 12.1 Å². The van der Waals surface area contributed by atoms with Crippen LogP contribution in [0, 0.1) is 6.92 Å². The normalized spacial score (nSPS) is 10.2. The number of anilines is 2. The maximum absolute atomic E-state index is 11.9. The van der Waals surface area contributed by atoms with Crippen molar-refractivity contribution in [2.24, 2.45) is 0 Å². The van der Waals surface area contributed by atoms with Gasteiger partial charge in [-0.25, -0.2) is 0 Å². The van der Waals surface area contributed by atoms with E-state index in [-0.39, 0.29) is 12.5 Å². The molecule has 0 bridgehead atoms. The molecule has 0 radical (unpaired) electrons. The number of aryl methyl sites for hydroxylation is 2. The van der Waals surface area contributed by atoms with E-state index in [0.29, 0.717) is 11.4 Å². The van der Waals surface area contributed by atoms with Crippen LogP contribution in [0.5, 0.6) is 5.75 Å². The molecule has 4 nitrogen and oxygen atoms in total. The lowest BCUT2D eigenvalue weighted by molar-refractivity contribution is -0.118. The van der Waals surface area contributed by atoms with Crippen molar-refractivity contribution in [1.82, 2.24) is 0 Å². The third-order valence-electron chi connectivity index (χ3n) is 3.23. The number of benzene rings is 2. The Kier molecular flexibility index (Phi) is 4.82. The first-order valence-electron chi connectivity index (χ1n) is 6.96. The third kappa shape index (κ3) is 4.24. The van der Waals surface area contributed by atoms with Gasteiger partial charge in [-0.15, -0.1) is 0 Å². The number of hydrogen-bond donors (Lipinski definition) is 2. The molecule has 110 valence electrons. The molecular weight excluding hydrogens is 264 g/mol. The van der Waals surface area contributed by atoms with Gasteiger partial charge >= 0.3 is 0 Å². The number of hydrogen-bond acceptors (Lipinski definition) is 3. The minimum Gasteiger partial charge on any atom is -0.484 e. The molecule has 0 atom stereocenters. The molecule has 4 heteroatoms. The van der Waals surface area contributed by atoms with Crippen LogP contribution in [0.1, 0.15) is 18.1 Å². The second-order valence-electron chi connectivity index (χ2n) is 4.91. The highest BCUT2D eigenvalue weighted by Crippen LogP contribution is 2.18. The molecule has 1 amide bonds. The van der Waals surface area contributed by atoms with Crippen LogP contribution in [0.25, 0.3) is 0 Å².